The molecule has 2 aromatic carbocycles. The van der Waals surface area contributed by atoms with Crippen LogP contribution in [0.2, 0.25) is 5.02 Å². The average Bonchev–Trinajstić information content (AvgIpc) is 2.39. The van der Waals surface area contributed by atoms with Crippen LogP contribution in [0.25, 0.3) is 0 Å². The van der Waals surface area contributed by atoms with Gasteiger partial charge in [0.2, 0.25) is 0 Å². The van der Waals surface area contributed by atoms with Crippen molar-refractivity contribution in [2.45, 2.75) is 19.9 Å². The van der Waals surface area contributed by atoms with Crippen molar-refractivity contribution in [3.63, 3.8) is 0 Å². The number of nitriles is 1. The number of nitrogens with zero attached hydrogens (tertiary/aromatic N) is 1. The van der Waals surface area contributed by atoms with Gasteiger partial charge in [0.05, 0.1) is 11.6 Å². The van der Waals surface area contributed by atoms with Crippen LogP contribution in [0.1, 0.15) is 29.7 Å². The molecule has 0 aliphatic carbocycles. The van der Waals surface area contributed by atoms with Crippen LogP contribution in [0.15, 0.2) is 42.5 Å². The molecule has 1 N–H and O–H groups in total. The molecule has 0 spiro atoms. The smallest absolute Gasteiger partial charge is 0.0994 e. The van der Waals surface area contributed by atoms with E-state index in [4.69, 9.17) is 16.9 Å². The maximum atomic E-state index is 8.91. The first-order valence-corrected chi connectivity index (χ1v) is 6.50. The minimum absolute atomic E-state index is 0.158. The van der Waals surface area contributed by atoms with Crippen LogP contribution in [-0.4, -0.2) is 0 Å². The van der Waals surface area contributed by atoms with E-state index in [0.717, 1.165) is 21.8 Å². The Morgan fingerprint density at radius 1 is 1.21 bits per heavy atom. The predicted octanol–water partition coefficient (Wildman–Crippen LogP) is 4.69. The standard InChI is InChI=1S/C16H15ClN2/c1-11-8-16(7-6-14(11)10-18)19-12(2)13-4-3-5-15(17)9-13/h3-9,12,19H,1-2H3. The SMILES string of the molecule is Cc1cc(NC(C)c2cccc(Cl)c2)ccc1C#N. The highest BCUT2D eigenvalue weighted by Crippen LogP contribution is 2.23. The number of hydrogen-bond acceptors (Lipinski definition) is 2. The molecule has 1 unspecified atom stereocenters. The molecule has 0 fully saturated rings. The molecule has 0 saturated carbocycles. The highest BCUT2D eigenvalue weighted by Gasteiger charge is 2.06. The zero-order valence-corrected chi connectivity index (χ0v) is 11.7. The third-order valence-electron chi connectivity index (χ3n) is 3.08. The molecule has 2 rings (SSSR count). The van der Waals surface area contributed by atoms with E-state index >= 15 is 0 Å². The van der Waals surface area contributed by atoms with Gasteiger partial charge in [-0.2, -0.15) is 5.26 Å². The van der Waals surface area contributed by atoms with Crippen molar-refractivity contribution < 1.29 is 0 Å². The molecule has 3 heteroatoms. The summed E-state index contributed by atoms with van der Waals surface area (Å²) in [5.41, 5.74) is 3.82. The lowest BCUT2D eigenvalue weighted by molar-refractivity contribution is 0.884. The Kier molecular flexibility index (Phi) is 4.09. The van der Waals surface area contributed by atoms with Crippen LogP contribution in [0.5, 0.6) is 0 Å². The van der Waals surface area contributed by atoms with E-state index in [2.05, 4.69) is 18.3 Å². The summed E-state index contributed by atoms with van der Waals surface area (Å²) >= 11 is 5.99. The van der Waals surface area contributed by atoms with Gasteiger partial charge in [0.15, 0.2) is 0 Å². The number of benzene rings is 2. The van der Waals surface area contributed by atoms with E-state index in [1.807, 2.05) is 49.4 Å². The third kappa shape index (κ3) is 3.27. The monoisotopic (exact) mass is 270 g/mol. The lowest BCUT2D eigenvalue weighted by atomic mass is 10.1. The van der Waals surface area contributed by atoms with E-state index < -0.39 is 0 Å². The molecule has 0 heterocycles. The van der Waals surface area contributed by atoms with Gasteiger partial charge in [0, 0.05) is 16.8 Å². The molecule has 0 amide bonds. The van der Waals surface area contributed by atoms with Crippen molar-refractivity contribution in [1.29, 1.82) is 5.26 Å². The number of hydrogen-bond donors (Lipinski definition) is 1. The molecular formula is C16H15ClN2. The number of nitrogens with one attached hydrogen (secondary N) is 1. The van der Waals surface area contributed by atoms with Crippen molar-refractivity contribution in [3.8, 4) is 6.07 Å². The molecule has 96 valence electrons. The summed E-state index contributed by atoms with van der Waals surface area (Å²) in [5.74, 6) is 0. The van der Waals surface area contributed by atoms with Crippen LogP contribution in [0, 0.1) is 18.3 Å². The van der Waals surface area contributed by atoms with E-state index in [0.29, 0.717) is 5.56 Å². The first kappa shape index (κ1) is 13.5. The van der Waals surface area contributed by atoms with E-state index in [-0.39, 0.29) is 6.04 Å². The second-order valence-electron chi connectivity index (χ2n) is 4.56. The van der Waals surface area contributed by atoms with Gasteiger partial charge >= 0.3 is 0 Å². The normalized spacial score (nSPS) is 11.7. The second-order valence-corrected chi connectivity index (χ2v) is 5.00. The van der Waals surface area contributed by atoms with Crippen LogP contribution in [0.4, 0.5) is 5.69 Å². The Labute approximate surface area is 118 Å². The Morgan fingerprint density at radius 3 is 2.63 bits per heavy atom. The molecule has 2 nitrogen and oxygen atoms in total. The fourth-order valence-corrected chi connectivity index (χ4v) is 2.19. The maximum absolute atomic E-state index is 8.91. The van der Waals surface area contributed by atoms with Crippen LogP contribution >= 0.6 is 11.6 Å². The molecule has 0 bridgehead atoms. The van der Waals surface area contributed by atoms with Gasteiger partial charge in [-0.15, -0.1) is 0 Å². The quantitative estimate of drug-likeness (QED) is 0.878. The van der Waals surface area contributed by atoms with Gasteiger partial charge in [-0.3, -0.25) is 0 Å². The number of aryl methyl sites for hydroxylation is 1. The van der Waals surface area contributed by atoms with Gasteiger partial charge in [-0.05, 0) is 55.3 Å². The van der Waals surface area contributed by atoms with Crippen molar-refractivity contribution in [3.05, 3.63) is 64.2 Å². The van der Waals surface area contributed by atoms with Crippen molar-refractivity contribution in [2.75, 3.05) is 5.32 Å². The fourth-order valence-electron chi connectivity index (χ4n) is 1.99. The van der Waals surface area contributed by atoms with Crippen LogP contribution in [0.3, 0.4) is 0 Å². The first-order valence-electron chi connectivity index (χ1n) is 6.13. The highest BCUT2D eigenvalue weighted by atomic mass is 35.5. The molecule has 0 aliphatic rings. The van der Waals surface area contributed by atoms with Crippen LogP contribution < -0.4 is 5.32 Å². The van der Waals surface area contributed by atoms with Crippen LogP contribution in [-0.2, 0) is 0 Å². The molecule has 1 atom stereocenters. The lowest BCUT2D eigenvalue weighted by Crippen LogP contribution is -2.06. The third-order valence-corrected chi connectivity index (χ3v) is 3.31. The second kappa shape index (κ2) is 5.77. The summed E-state index contributed by atoms with van der Waals surface area (Å²) in [6.45, 7) is 4.02. The summed E-state index contributed by atoms with van der Waals surface area (Å²) in [5, 5.41) is 13.1. The Balaban J connectivity index is 2.17. The molecule has 0 aliphatic heterocycles. The minimum Gasteiger partial charge on any atom is -0.379 e. The van der Waals surface area contributed by atoms with E-state index in [1.54, 1.807) is 0 Å². The van der Waals surface area contributed by atoms with Gasteiger partial charge in [-0.25, -0.2) is 0 Å². The van der Waals surface area contributed by atoms with Gasteiger partial charge in [0.1, 0.15) is 0 Å². The number of rotatable bonds is 3. The number of halogens is 1. The average molecular weight is 271 g/mol. The molecule has 2 aromatic rings. The van der Waals surface area contributed by atoms with E-state index in [9.17, 15) is 0 Å². The van der Waals surface area contributed by atoms with Crippen molar-refractivity contribution >= 4 is 17.3 Å². The molecule has 0 saturated heterocycles. The molecule has 0 radical (unpaired) electrons. The number of anilines is 1. The van der Waals surface area contributed by atoms with Crippen molar-refractivity contribution in [1.82, 2.24) is 0 Å². The van der Waals surface area contributed by atoms with Gasteiger partial charge < -0.3 is 5.32 Å². The lowest BCUT2D eigenvalue weighted by Gasteiger charge is -2.16. The molecule has 19 heavy (non-hydrogen) atoms. The summed E-state index contributed by atoms with van der Waals surface area (Å²) in [6, 6.07) is 15.9. The van der Waals surface area contributed by atoms with E-state index in [1.165, 1.54) is 0 Å². The van der Waals surface area contributed by atoms with Gasteiger partial charge in [-0.1, -0.05) is 23.7 Å². The maximum Gasteiger partial charge on any atom is 0.0994 e. The van der Waals surface area contributed by atoms with Crippen molar-refractivity contribution in [2.24, 2.45) is 0 Å². The van der Waals surface area contributed by atoms with Gasteiger partial charge in [0.25, 0.3) is 0 Å². The Bertz CT molecular complexity index is 629. The Hall–Kier alpha value is -1.98. The summed E-state index contributed by atoms with van der Waals surface area (Å²) in [6.07, 6.45) is 0. The molecule has 0 aromatic heterocycles. The topological polar surface area (TPSA) is 35.8 Å². The summed E-state index contributed by atoms with van der Waals surface area (Å²) in [7, 11) is 0. The Morgan fingerprint density at radius 2 is 2.00 bits per heavy atom. The summed E-state index contributed by atoms with van der Waals surface area (Å²) < 4.78 is 0. The zero-order chi connectivity index (χ0) is 13.8. The largest absolute Gasteiger partial charge is 0.379 e. The zero-order valence-electron chi connectivity index (χ0n) is 10.9. The highest BCUT2D eigenvalue weighted by molar-refractivity contribution is 6.30. The predicted molar refractivity (Wildman–Crippen MR) is 79.4 cm³/mol. The fraction of sp³-hybridized carbons (Fsp3) is 0.188. The minimum atomic E-state index is 0.158. The summed E-state index contributed by atoms with van der Waals surface area (Å²) in [4.78, 5) is 0. The molecular weight excluding hydrogens is 256 g/mol. The first-order chi connectivity index (χ1) is 9.10.